The molecule has 1 rings (SSSR count). The number of nitrogen functional groups attached to an aromatic ring is 1. The van der Waals surface area contributed by atoms with Crippen LogP contribution in [0.4, 0.5) is 22.4 Å². The molecule has 0 aliphatic carbocycles. The highest BCUT2D eigenvalue weighted by Gasteiger charge is 2.02. The van der Waals surface area contributed by atoms with Crippen LogP contribution in [0, 0.1) is 0 Å². The van der Waals surface area contributed by atoms with E-state index in [1.165, 1.54) is 4.90 Å². The third-order valence-corrected chi connectivity index (χ3v) is 2.11. The van der Waals surface area contributed by atoms with Gasteiger partial charge < -0.3 is 26.6 Å². The smallest absolute Gasteiger partial charge is 0.316 e. The Balaban J connectivity index is 2.39. The second kappa shape index (κ2) is 6.48. The van der Waals surface area contributed by atoms with Gasteiger partial charge in [0.05, 0.1) is 0 Å². The van der Waals surface area contributed by atoms with Crippen LogP contribution in [0.1, 0.15) is 0 Å². The lowest BCUT2D eigenvalue weighted by Crippen LogP contribution is -2.37. The van der Waals surface area contributed by atoms with Gasteiger partial charge >= 0.3 is 6.03 Å². The first-order chi connectivity index (χ1) is 8.52. The summed E-state index contributed by atoms with van der Waals surface area (Å²) in [5.41, 5.74) is 5.55. The number of nitrogens with zero attached hydrogens (tertiary/aromatic N) is 3. The lowest BCUT2D eigenvalue weighted by molar-refractivity contribution is 0.218. The molecule has 0 aromatic carbocycles. The predicted molar refractivity (Wildman–Crippen MR) is 71.6 cm³/mol. The molecular formula is C10H19N7O. The van der Waals surface area contributed by atoms with E-state index in [0.717, 1.165) is 0 Å². The van der Waals surface area contributed by atoms with E-state index >= 15 is 0 Å². The fourth-order valence-corrected chi connectivity index (χ4v) is 1.20. The molecule has 8 nitrogen and oxygen atoms in total. The molecule has 5 N–H and O–H groups in total. The first kappa shape index (κ1) is 13.8. The molecule has 0 bridgehead atoms. The van der Waals surface area contributed by atoms with E-state index in [0.29, 0.717) is 24.7 Å². The number of anilines is 3. The zero-order valence-corrected chi connectivity index (χ0v) is 10.8. The molecule has 100 valence electrons. The number of aromatic nitrogens is 2. The monoisotopic (exact) mass is 253 g/mol. The standard InChI is InChI=1S/C10H19N7O/c1-12-7-6-8(16-9(11)15-7)13-4-5-14-10(18)17(2)3/h6H,4-5H2,1-3H3,(H,14,18)(H4,11,12,13,15,16). The zero-order chi connectivity index (χ0) is 13.5. The molecule has 1 heterocycles. The molecule has 0 radical (unpaired) electrons. The van der Waals surface area contributed by atoms with E-state index < -0.39 is 0 Å². The summed E-state index contributed by atoms with van der Waals surface area (Å²) < 4.78 is 0. The summed E-state index contributed by atoms with van der Waals surface area (Å²) in [5.74, 6) is 1.45. The van der Waals surface area contributed by atoms with Crippen molar-refractivity contribution in [2.75, 3.05) is 50.6 Å². The molecule has 1 aromatic rings. The average molecular weight is 253 g/mol. The van der Waals surface area contributed by atoms with Crippen molar-refractivity contribution >= 4 is 23.6 Å². The van der Waals surface area contributed by atoms with Gasteiger partial charge in [-0.25, -0.2) is 4.79 Å². The number of hydrogen-bond donors (Lipinski definition) is 4. The molecule has 0 unspecified atom stereocenters. The Labute approximate surface area is 106 Å². The molecule has 0 aliphatic rings. The first-order valence-corrected chi connectivity index (χ1v) is 5.54. The molecule has 1 aromatic heterocycles. The Kier molecular flexibility index (Phi) is 4.97. The minimum absolute atomic E-state index is 0.130. The lowest BCUT2D eigenvalue weighted by atomic mass is 10.5. The fraction of sp³-hybridized carbons (Fsp3) is 0.500. The second-order valence-electron chi connectivity index (χ2n) is 3.80. The van der Waals surface area contributed by atoms with Crippen LogP contribution >= 0.6 is 0 Å². The van der Waals surface area contributed by atoms with E-state index in [4.69, 9.17) is 5.73 Å². The van der Waals surface area contributed by atoms with Gasteiger partial charge in [0.15, 0.2) is 0 Å². The van der Waals surface area contributed by atoms with Crippen molar-refractivity contribution in [3.05, 3.63) is 6.07 Å². The third-order valence-electron chi connectivity index (χ3n) is 2.11. The normalized spacial score (nSPS) is 9.72. The van der Waals surface area contributed by atoms with Crippen LogP contribution in [0.5, 0.6) is 0 Å². The van der Waals surface area contributed by atoms with Crippen LogP contribution in [0.2, 0.25) is 0 Å². The van der Waals surface area contributed by atoms with Gasteiger partial charge in [-0.1, -0.05) is 0 Å². The Bertz CT molecular complexity index is 407. The molecule has 0 atom stereocenters. The van der Waals surface area contributed by atoms with E-state index in [1.807, 2.05) is 0 Å². The van der Waals surface area contributed by atoms with Gasteiger partial charge in [0, 0.05) is 40.3 Å². The Hall–Kier alpha value is -2.25. The number of nitrogens with one attached hydrogen (secondary N) is 3. The summed E-state index contributed by atoms with van der Waals surface area (Å²) in [7, 11) is 5.13. The van der Waals surface area contributed by atoms with Crippen LogP contribution in [0.15, 0.2) is 6.07 Å². The molecule has 18 heavy (non-hydrogen) atoms. The molecule has 0 saturated carbocycles. The van der Waals surface area contributed by atoms with Crippen LogP contribution < -0.4 is 21.7 Å². The average Bonchev–Trinajstić information content (AvgIpc) is 2.33. The topological polar surface area (TPSA) is 108 Å². The Morgan fingerprint density at radius 2 is 2.00 bits per heavy atom. The van der Waals surface area contributed by atoms with Gasteiger partial charge in [0.25, 0.3) is 0 Å². The van der Waals surface area contributed by atoms with Crippen molar-refractivity contribution < 1.29 is 4.79 Å². The molecule has 0 fully saturated rings. The summed E-state index contributed by atoms with van der Waals surface area (Å²) in [6.07, 6.45) is 0. The number of amides is 2. The maximum atomic E-state index is 11.2. The molecule has 2 amide bonds. The van der Waals surface area contributed by atoms with Gasteiger partial charge in [-0.3, -0.25) is 0 Å². The zero-order valence-electron chi connectivity index (χ0n) is 10.8. The molecular weight excluding hydrogens is 234 g/mol. The van der Waals surface area contributed by atoms with Gasteiger partial charge in [-0.15, -0.1) is 0 Å². The fourth-order valence-electron chi connectivity index (χ4n) is 1.20. The van der Waals surface area contributed by atoms with Crippen molar-refractivity contribution in [3.8, 4) is 0 Å². The highest BCUT2D eigenvalue weighted by atomic mass is 16.2. The summed E-state index contributed by atoms with van der Waals surface area (Å²) >= 11 is 0. The van der Waals surface area contributed by atoms with Crippen LogP contribution in [0.25, 0.3) is 0 Å². The lowest BCUT2D eigenvalue weighted by Gasteiger charge is -2.12. The Morgan fingerprint density at radius 3 is 2.61 bits per heavy atom. The van der Waals surface area contributed by atoms with E-state index in [1.54, 1.807) is 27.2 Å². The number of hydrogen-bond acceptors (Lipinski definition) is 6. The van der Waals surface area contributed by atoms with Gasteiger partial charge in [-0.05, 0) is 0 Å². The quantitative estimate of drug-likeness (QED) is 0.540. The minimum atomic E-state index is -0.130. The van der Waals surface area contributed by atoms with Gasteiger partial charge in [0.1, 0.15) is 11.6 Å². The van der Waals surface area contributed by atoms with Gasteiger partial charge in [0.2, 0.25) is 5.95 Å². The van der Waals surface area contributed by atoms with Crippen molar-refractivity contribution in [1.29, 1.82) is 0 Å². The summed E-state index contributed by atoms with van der Waals surface area (Å²) in [6, 6.07) is 1.61. The van der Waals surface area contributed by atoms with E-state index in [-0.39, 0.29) is 12.0 Å². The number of nitrogens with two attached hydrogens (primary N) is 1. The number of rotatable bonds is 5. The largest absolute Gasteiger partial charge is 0.373 e. The van der Waals surface area contributed by atoms with Crippen molar-refractivity contribution in [3.63, 3.8) is 0 Å². The van der Waals surface area contributed by atoms with Crippen molar-refractivity contribution in [1.82, 2.24) is 20.2 Å². The summed E-state index contributed by atoms with van der Waals surface area (Å²) in [4.78, 5) is 20.7. The second-order valence-corrected chi connectivity index (χ2v) is 3.80. The SMILES string of the molecule is CNc1cc(NCCNC(=O)N(C)C)nc(N)n1. The highest BCUT2D eigenvalue weighted by Crippen LogP contribution is 2.10. The van der Waals surface area contributed by atoms with E-state index in [9.17, 15) is 4.79 Å². The van der Waals surface area contributed by atoms with Crippen LogP contribution in [0.3, 0.4) is 0 Å². The van der Waals surface area contributed by atoms with Crippen LogP contribution in [-0.2, 0) is 0 Å². The number of urea groups is 1. The van der Waals surface area contributed by atoms with Crippen molar-refractivity contribution in [2.45, 2.75) is 0 Å². The molecule has 8 heteroatoms. The third kappa shape index (κ3) is 4.32. The molecule has 0 spiro atoms. The minimum Gasteiger partial charge on any atom is -0.373 e. The first-order valence-electron chi connectivity index (χ1n) is 5.54. The summed E-state index contributed by atoms with van der Waals surface area (Å²) in [5, 5.41) is 8.66. The Morgan fingerprint density at radius 1 is 1.33 bits per heavy atom. The highest BCUT2D eigenvalue weighted by molar-refractivity contribution is 5.73. The molecule has 0 saturated heterocycles. The molecule has 0 aliphatic heterocycles. The van der Waals surface area contributed by atoms with E-state index in [2.05, 4.69) is 25.9 Å². The maximum absolute atomic E-state index is 11.2. The predicted octanol–water partition coefficient (Wildman–Crippen LogP) is -0.216. The summed E-state index contributed by atoms with van der Waals surface area (Å²) in [6.45, 7) is 1.05. The van der Waals surface area contributed by atoms with Crippen LogP contribution in [-0.4, -0.2) is 55.1 Å². The number of carbonyl (C=O) groups is 1. The maximum Gasteiger partial charge on any atom is 0.316 e. The number of carbonyl (C=O) groups excluding carboxylic acids is 1. The van der Waals surface area contributed by atoms with Gasteiger partial charge in [-0.2, -0.15) is 9.97 Å². The van der Waals surface area contributed by atoms with Crippen molar-refractivity contribution in [2.24, 2.45) is 0 Å².